The van der Waals surface area contributed by atoms with Crippen molar-refractivity contribution in [2.75, 3.05) is 244 Å². The number of rotatable bonds is 49. The van der Waals surface area contributed by atoms with Gasteiger partial charge in [0.1, 0.15) is 18.1 Å². The summed E-state index contributed by atoms with van der Waals surface area (Å²) in [5.74, 6) is -3.54. The molecule has 0 radical (unpaired) electrons. The minimum atomic E-state index is -1.05. The van der Waals surface area contributed by atoms with Gasteiger partial charge in [0.25, 0.3) is 5.91 Å². The number of Topliss-reactive ketones (excluding diaryl/α,β-unsaturated/α-hetero) is 1. The molecule has 29 heteroatoms. The summed E-state index contributed by atoms with van der Waals surface area (Å²) in [5, 5.41) is 33.7. The Morgan fingerprint density at radius 1 is 0.395 bits per heavy atom. The van der Waals surface area contributed by atoms with Crippen LogP contribution in [-0.2, 0) is 80.8 Å². The van der Waals surface area contributed by atoms with Crippen molar-refractivity contribution in [3.63, 3.8) is 0 Å². The topological polar surface area (TPSA) is 337 Å². The third-order valence-corrected chi connectivity index (χ3v) is 11.2. The summed E-state index contributed by atoms with van der Waals surface area (Å²) < 4.78 is 70.2. The predicted molar refractivity (Wildman–Crippen MR) is 287 cm³/mol. The zero-order valence-electron chi connectivity index (χ0n) is 47.0. The smallest absolute Gasteiger partial charge is 0.480 e. The fraction of sp³-hybridized carbons (Fsp3) is 0.750. The van der Waals surface area contributed by atoms with Crippen LogP contribution in [-0.4, -0.2) is 320 Å². The normalized spacial score (nSPS) is 14.2. The first-order chi connectivity index (χ1) is 39.3. The lowest BCUT2D eigenvalue weighted by molar-refractivity contribution is -0.140. The molecular formula is C52H88N6O23. The van der Waals surface area contributed by atoms with Crippen LogP contribution >= 0.6 is 0 Å². The average Bonchev–Trinajstić information content (AvgIpc) is 3.42. The van der Waals surface area contributed by atoms with Crippen molar-refractivity contribution in [1.29, 1.82) is 0 Å². The van der Waals surface area contributed by atoms with Crippen molar-refractivity contribution in [2.24, 2.45) is 0 Å². The van der Waals surface area contributed by atoms with Crippen molar-refractivity contribution in [3.8, 4) is 5.75 Å². The van der Waals surface area contributed by atoms with Gasteiger partial charge in [-0.15, -0.1) is 0 Å². The number of carboxylic acid groups (broad SMARTS) is 3. The number of ketones is 1. The average molecular weight is 1170 g/mol. The maximum absolute atomic E-state index is 12.9. The number of carbonyl (C=O) groups excluding carboxylic acids is 4. The van der Waals surface area contributed by atoms with Crippen LogP contribution in [0.15, 0.2) is 24.3 Å². The van der Waals surface area contributed by atoms with Crippen LogP contribution in [0.25, 0.3) is 0 Å². The molecule has 1 fully saturated rings. The lowest BCUT2D eigenvalue weighted by Crippen LogP contribution is -2.50. The number of amides is 2. The van der Waals surface area contributed by atoms with Crippen molar-refractivity contribution < 1.29 is 110 Å². The van der Waals surface area contributed by atoms with E-state index in [9.17, 15) is 48.9 Å². The number of hydrogen-bond donors (Lipinski definition) is 5. The highest BCUT2D eigenvalue weighted by atomic mass is 16.7. The molecular weight excluding hydrogens is 1080 g/mol. The molecule has 0 atom stereocenters. The first kappa shape index (κ1) is 72.0. The number of carboxylic acids is 3. The SMILES string of the molecule is CC(=O)CCOCCOCCOCCOCCOCCOCCOCCOCCOCCOCCNC(=O)c1ccc(OC(=O)OCCOCCNC(=O)CN2CCN(CC(=O)O)CCN(CC(=O)O)CCN(CC(=O)O)CC2)cc1. The maximum atomic E-state index is 12.9. The third-order valence-electron chi connectivity index (χ3n) is 11.2. The highest BCUT2D eigenvalue weighted by molar-refractivity contribution is 5.94. The second-order valence-corrected chi connectivity index (χ2v) is 17.8. The van der Waals surface area contributed by atoms with Gasteiger partial charge in [-0.1, -0.05) is 0 Å². The van der Waals surface area contributed by atoms with E-state index in [1.165, 1.54) is 31.2 Å². The quantitative estimate of drug-likeness (QED) is 0.0287. The van der Waals surface area contributed by atoms with E-state index in [1.807, 2.05) is 0 Å². The molecule has 1 saturated heterocycles. The van der Waals surface area contributed by atoms with Crippen LogP contribution in [0.4, 0.5) is 4.79 Å². The van der Waals surface area contributed by atoms with Gasteiger partial charge < -0.3 is 87.5 Å². The first-order valence-electron chi connectivity index (χ1n) is 27.2. The Morgan fingerprint density at radius 3 is 1.02 bits per heavy atom. The van der Waals surface area contributed by atoms with E-state index in [4.69, 9.17) is 61.6 Å². The van der Waals surface area contributed by atoms with E-state index in [-0.39, 0.29) is 128 Å². The van der Waals surface area contributed by atoms with E-state index in [0.29, 0.717) is 151 Å². The summed E-state index contributed by atoms with van der Waals surface area (Å²) in [6.45, 7) is 11.8. The number of carbonyl (C=O) groups is 7. The summed E-state index contributed by atoms with van der Waals surface area (Å²) in [5.41, 5.74) is 0.342. The van der Waals surface area contributed by atoms with Gasteiger partial charge in [-0.25, -0.2) is 4.79 Å². The Kier molecular flexibility index (Phi) is 44.0. The molecule has 2 amide bonds. The monoisotopic (exact) mass is 1160 g/mol. The molecule has 0 aliphatic carbocycles. The second-order valence-electron chi connectivity index (χ2n) is 17.8. The van der Waals surface area contributed by atoms with Gasteiger partial charge in [0, 0.05) is 77.4 Å². The maximum Gasteiger partial charge on any atom is 0.513 e. The van der Waals surface area contributed by atoms with E-state index in [0.717, 1.165) is 0 Å². The largest absolute Gasteiger partial charge is 0.513 e. The lowest BCUT2D eigenvalue weighted by Gasteiger charge is -2.32. The molecule has 0 bridgehead atoms. The fourth-order valence-corrected chi connectivity index (χ4v) is 7.03. The van der Waals surface area contributed by atoms with Gasteiger partial charge in [0.2, 0.25) is 5.91 Å². The van der Waals surface area contributed by atoms with E-state index < -0.39 is 24.1 Å². The molecule has 5 N–H and O–H groups in total. The molecule has 2 rings (SSSR count). The van der Waals surface area contributed by atoms with Crippen LogP contribution in [0.2, 0.25) is 0 Å². The van der Waals surface area contributed by atoms with Crippen LogP contribution in [0.1, 0.15) is 23.7 Å². The van der Waals surface area contributed by atoms with Gasteiger partial charge in [-0.05, 0) is 31.2 Å². The standard InChI is InChI=1S/C52H88N6O23/c1-44(59)6-17-69-20-22-72-24-26-74-28-30-76-32-34-78-36-37-79-35-33-77-31-29-75-27-25-73-23-21-70-19-8-54-51(67)45-2-4-46(5-3-45)81-52(68)80-39-38-71-18-7-53-47(60)40-55-9-11-56(41-48(61)62)13-15-58(43-50(65)66)16-14-57(12-10-55)42-49(63)64/h2-5H,6-43H2,1H3,(H,53,60)(H,54,67)(H,61,62)(H,63,64)(H,65,66). The minimum absolute atomic E-state index is 0.0140. The Morgan fingerprint density at radius 2 is 0.691 bits per heavy atom. The highest BCUT2D eigenvalue weighted by Gasteiger charge is 2.21. The molecule has 1 aliphatic rings. The number of benzene rings is 1. The Hall–Kier alpha value is -5.09. The number of nitrogens with zero attached hydrogens (tertiary/aromatic N) is 4. The number of aliphatic carboxylic acids is 3. The Balaban J connectivity index is 1.40. The van der Waals surface area contributed by atoms with Crippen molar-refractivity contribution in [3.05, 3.63) is 29.8 Å². The third kappa shape index (κ3) is 44.2. The molecule has 29 nitrogen and oxygen atoms in total. The lowest BCUT2D eigenvalue weighted by atomic mass is 10.2. The molecule has 1 heterocycles. The molecule has 0 saturated carbocycles. The van der Waals surface area contributed by atoms with Gasteiger partial charge >= 0.3 is 24.1 Å². The number of hydrogen-bond acceptors (Lipinski definition) is 24. The highest BCUT2D eigenvalue weighted by Crippen LogP contribution is 2.13. The number of nitrogens with one attached hydrogen (secondary N) is 2. The molecule has 0 unspecified atom stereocenters. The zero-order valence-corrected chi connectivity index (χ0v) is 47.0. The molecule has 464 valence electrons. The van der Waals surface area contributed by atoms with Crippen LogP contribution < -0.4 is 15.4 Å². The summed E-state index contributed by atoms with van der Waals surface area (Å²) in [7, 11) is 0. The molecule has 0 spiro atoms. The van der Waals surface area contributed by atoms with E-state index in [1.54, 1.807) is 19.6 Å². The van der Waals surface area contributed by atoms with Crippen LogP contribution in [0.3, 0.4) is 0 Å². The van der Waals surface area contributed by atoms with E-state index in [2.05, 4.69) is 10.6 Å². The summed E-state index contributed by atoms with van der Waals surface area (Å²) in [6, 6.07) is 5.89. The number of ether oxygens (including phenoxy) is 13. The minimum Gasteiger partial charge on any atom is -0.480 e. The van der Waals surface area contributed by atoms with E-state index >= 15 is 0 Å². The van der Waals surface area contributed by atoms with Crippen molar-refractivity contribution in [1.82, 2.24) is 30.2 Å². The van der Waals surface area contributed by atoms with Gasteiger partial charge in [-0.3, -0.25) is 48.4 Å². The summed E-state index contributed by atoms with van der Waals surface area (Å²) in [4.78, 5) is 89.7. The van der Waals surface area contributed by atoms with Crippen molar-refractivity contribution >= 4 is 41.7 Å². The van der Waals surface area contributed by atoms with Gasteiger partial charge in [-0.2, -0.15) is 0 Å². The molecule has 1 aliphatic heterocycles. The fourth-order valence-electron chi connectivity index (χ4n) is 7.03. The molecule has 81 heavy (non-hydrogen) atoms. The van der Waals surface area contributed by atoms with Crippen molar-refractivity contribution in [2.45, 2.75) is 13.3 Å². The Labute approximate surface area is 473 Å². The molecule has 0 aromatic heterocycles. The molecule has 1 aromatic carbocycles. The van der Waals surface area contributed by atoms with Gasteiger partial charge in [0.15, 0.2) is 0 Å². The molecule has 1 aromatic rings. The second kappa shape index (κ2) is 49.5. The predicted octanol–water partition coefficient (Wildman–Crippen LogP) is -1.31. The Bertz CT molecular complexity index is 1810. The van der Waals surface area contributed by atoms with Crippen LogP contribution in [0, 0.1) is 0 Å². The summed E-state index contributed by atoms with van der Waals surface area (Å²) >= 11 is 0. The zero-order chi connectivity index (χ0) is 58.8. The first-order valence-corrected chi connectivity index (χ1v) is 27.2. The van der Waals surface area contributed by atoms with Gasteiger partial charge in [0.05, 0.1) is 172 Å². The van der Waals surface area contributed by atoms with Crippen LogP contribution in [0.5, 0.6) is 5.75 Å². The summed E-state index contributed by atoms with van der Waals surface area (Å²) in [6.07, 6.45) is -0.559.